The second-order valence-corrected chi connectivity index (χ2v) is 5.62. The van der Waals surface area contributed by atoms with Crippen molar-refractivity contribution in [2.24, 2.45) is 0 Å². The van der Waals surface area contributed by atoms with Crippen molar-refractivity contribution in [2.45, 2.75) is 43.7 Å². The van der Waals surface area contributed by atoms with Crippen LogP contribution >= 0.6 is 0 Å². The van der Waals surface area contributed by atoms with E-state index in [0.717, 1.165) is 25.9 Å². The zero-order chi connectivity index (χ0) is 15.1. The van der Waals surface area contributed by atoms with Crippen LogP contribution in [0.2, 0.25) is 0 Å². The third-order valence-electron chi connectivity index (χ3n) is 4.10. The van der Waals surface area contributed by atoms with Crippen molar-refractivity contribution in [1.82, 2.24) is 10.6 Å². The Hall–Kier alpha value is -1.18. The lowest BCUT2D eigenvalue weighted by Crippen LogP contribution is -2.57. The fraction of sp³-hybridized carbons (Fsp3) is 0.857. The average Bonchev–Trinajstić information content (AvgIpc) is 2.49. The molecule has 2 saturated heterocycles. The van der Waals surface area contributed by atoms with Crippen LogP contribution in [0.15, 0.2) is 0 Å². The van der Waals surface area contributed by atoms with Crippen molar-refractivity contribution in [2.75, 3.05) is 32.9 Å². The topological polar surface area (TPSA) is 96.9 Å². The van der Waals surface area contributed by atoms with Crippen LogP contribution in [0.25, 0.3) is 0 Å². The number of hydrogen-bond donors (Lipinski definition) is 3. The van der Waals surface area contributed by atoms with Crippen LogP contribution in [0.5, 0.6) is 0 Å². The molecule has 2 heterocycles. The van der Waals surface area contributed by atoms with Gasteiger partial charge in [0.2, 0.25) is 5.91 Å². The standard InChI is InChI=1S/C14H24N2O5/c17-12(3-8-21-11-1-6-15-7-2-11)16-14(13(18)19)4-9-20-10-5-14/h11,15H,1-10H2,(H,16,17)(H,18,19). The number of hydrogen-bond acceptors (Lipinski definition) is 5. The second kappa shape index (κ2) is 7.72. The van der Waals surface area contributed by atoms with Crippen LogP contribution in [-0.4, -0.2) is 61.5 Å². The van der Waals surface area contributed by atoms with E-state index in [4.69, 9.17) is 9.47 Å². The van der Waals surface area contributed by atoms with Crippen LogP contribution in [0, 0.1) is 0 Å². The number of carbonyl (C=O) groups excluding carboxylic acids is 1. The first-order valence-electron chi connectivity index (χ1n) is 7.57. The maximum absolute atomic E-state index is 12.0. The monoisotopic (exact) mass is 300 g/mol. The zero-order valence-electron chi connectivity index (χ0n) is 12.2. The van der Waals surface area contributed by atoms with Gasteiger partial charge in [-0.15, -0.1) is 0 Å². The molecule has 2 rings (SSSR count). The molecule has 0 bridgehead atoms. The molecule has 0 aromatic heterocycles. The smallest absolute Gasteiger partial charge is 0.329 e. The van der Waals surface area contributed by atoms with Gasteiger partial charge in [-0.25, -0.2) is 4.79 Å². The van der Waals surface area contributed by atoms with E-state index in [1.807, 2.05) is 0 Å². The SMILES string of the molecule is O=C(CCOC1CCNCC1)NC1(C(=O)O)CCOCC1. The van der Waals surface area contributed by atoms with E-state index in [0.29, 0.717) is 32.7 Å². The van der Waals surface area contributed by atoms with Gasteiger partial charge < -0.3 is 25.2 Å². The van der Waals surface area contributed by atoms with Crippen LogP contribution in [0.1, 0.15) is 32.1 Å². The minimum atomic E-state index is -1.18. The van der Waals surface area contributed by atoms with Crippen molar-refractivity contribution in [1.29, 1.82) is 0 Å². The lowest BCUT2D eigenvalue weighted by Gasteiger charge is -2.34. The Morgan fingerprint density at radius 3 is 2.57 bits per heavy atom. The third-order valence-corrected chi connectivity index (χ3v) is 4.10. The minimum Gasteiger partial charge on any atom is -0.480 e. The van der Waals surface area contributed by atoms with Crippen LogP contribution in [0.3, 0.4) is 0 Å². The maximum atomic E-state index is 12.0. The number of piperidine rings is 1. The highest BCUT2D eigenvalue weighted by Gasteiger charge is 2.41. The van der Waals surface area contributed by atoms with E-state index >= 15 is 0 Å². The molecule has 2 aliphatic heterocycles. The van der Waals surface area contributed by atoms with E-state index in [2.05, 4.69) is 10.6 Å². The summed E-state index contributed by atoms with van der Waals surface area (Å²) in [5.74, 6) is -1.26. The number of aliphatic carboxylic acids is 1. The van der Waals surface area contributed by atoms with Crippen LogP contribution in [0.4, 0.5) is 0 Å². The quantitative estimate of drug-likeness (QED) is 0.633. The van der Waals surface area contributed by atoms with Crippen LogP contribution < -0.4 is 10.6 Å². The fourth-order valence-electron chi connectivity index (χ4n) is 2.72. The van der Waals surface area contributed by atoms with Gasteiger partial charge >= 0.3 is 5.97 Å². The first kappa shape index (κ1) is 16.2. The molecule has 0 aromatic carbocycles. The van der Waals surface area contributed by atoms with Crippen molar-refractivity contribution >= 4 is 11.9 Å². The third kappa shape index (κ3) is 4.66. The van der Waals surface area contributed by atoms with Crippen molar-refractivity contribution in [3.63, 3.8) is 0 Å². The summed E-state index contributed by atoms with van der Waals surface area (Å²) < 4.78 is 10.8. The molecule has 2 fully saturated rings. The Kier molecular flexibility index (Phi) is 5.96. The summed E-state index contributed by atoms with van der Waals surface area (Å²) in [4.78, 5) is 23.4. The summed E-state index contributed by atoms with van der Waals surface area (Å²) in [6.45, 7) is 2.94. The molecule has 2 aliphatic rings. The van der Waals surface area contributed by atoms with Gasteiger partial charge in [-0.3, -0.25) is 4.79 Å². The number of carboxylic acids is 1. The summed E-state index contributed by atoms with van der Waals surface area (Å²) >= 11 is 0. The number of nitrogens with one attached hydrogen (secondary N) is 2. The molecule has 0 aromatic rings. The largest absolute Gasteiger partial charge is 0.480 e. The summed E-state index contributed by atoms with van der Waals surface area (Å²) in [7, 11) is 0. The fourth-order valence-corrected chi connectivity index (χ4v) is 2.72. The second-order valence-electron chi connectivity index (χ2n) is 5.62. The number of rotatable bonds is 6. The molecule has 3 N–H and O–H groups in total. The van der Waals surface area contributed by atoms with E-state index < -0.39 is 11.5 Å². The summed E-state index contributed by atoms with van der Waals surface area (Å²) in [6.07, 6.45) is 2.93. The molecule has 120 valence electrons. The van der Waals surface area contributed by atoms with E-state index in [1.54, 1.807) is 0 Å². The normalized spacial score (nSPS) is 22.7. The number of amides is 1. The molecule has 0 unspecified atom stereocenters. The first-order chi connectivity index (χ1) is 10.1. The molecular weight excluding hydrogens is 276 g/mol. The molecule has 1 amide bonds. The molecule has 7 heteroatoms. The highest BCUT2D eigenvalue weighted by Crippen LogP contribution is 2.21. The Labute approximate surface area is 124 Å². The number of carboxylic acid groups (broad SMARTS) is 1. The molecule has 0 atom stereocenters. The highest BCUT2D eigenvalue weighted by atomic mass is 16.5. The van der Waals surface area contributed by atoms with Gasteiger partial charge in [0.05, 0.1) is 12.7 Å². The van der Waals surface area contributed by atoms with Gasteiger partial charge in [-0.1, -0.05) is 0 Å². The number of carbonyl (C=O) groups is 2. The Bertz CT molecular complexity index is 362. The lowest BCUT2D eigenvalue weighted by molar-refractivity contribution is -0.152. The van der Waals surface area contributed by atoms with Crippen LogP contribution in [-0.2, 0) is 19.1 Å². The van der Waals surface area contributed by atoms with Gasteiger partial charge in [0.25, 0.3) is 0 Å². The minimum absolute atomic E-state index is 0.194. The molecular formula is C14H24N2O5. The van der Waals surface area contributed by atoms with Gasteiger partial charge in [0, 0.05) is 32.5 Å². The molecule has 7 nitrogen and oxygen atoms in total. The van der Waals surface area contributed by atoms with Crippen molar-refractivity contribution in [3.05, 3.63) is 0 Å². The zero-order valence-corrected chi connectivity index (χ0v) is 12.2. The first-order valence-corrected chi connectivity index (χ1v) is 7.57. The molecule has 0 radical (unpaired) electrons. The Morgan fingerprint density at radius 2 is 1.95 bits per heavy atom. The summed E-state index contributed by atoms with van der Waals surface area (Å²) in [5.41, 5.74) is -1.18. The lowest BCUT2D eigenvalue weighted by atomic mass is 9.90. The van der Waals surface area contributed by atoms with E-state index in [1.165, 1.54) is 0 Å². The van der Waals surface area contributed by atoms with Gasteiger partial charge in [0.1, 0.15) is 5.54 Å². The molecule has 0 spiro atoms. The Balaban J connectivity index is 1.73. The maximum Gasteiger partial charge on any atom is 0.329 e. The summed E-state index contributed by atoms with van der Waals surface area (Å²) in [5, 5.41) is 15.3. The van der Waals surface area contributed by atoms with Gasteiger partial charge in [-0.2, -0.15) is 0 Å². The predicted molar refractivity (Wildman–Crippen MR) is 75.0 cm³/mol. The van der Waals surface area contributed by atoms with E-state index in [-0.39, 0.29) is 18.4 Å². The highest BCUT2D eigenvalue weighted by molar-refractivity contribution is 5.87. The van der Waals surface area contributed by atoms with Gasteiger partial charge in [0.15, 0.2) is 0 Å². The van der Waals surface area contributed by atoms with Crippen molar-refractivity contribution in [3.8, 4) is 0 Å². The average molecular weight is 300 g/mol. The Morgan fingerprint density at radius 1 is 1.29 bits per heavy atom. The molecule has 0 saturated carbocycles. The summed E-state index contributed by atoms with van der Waals surface area (Å²) in [6, 6.07) is 0. The van der Waals surface area contributed by atoms with E-state index in [9.17, 15) is 14.7 Å². The van der Waals surface area contributed by atoms with Crippen molar-refractivity contribution < 1.29 is 24.2 Å². The predicted octanol–water partition coefficient (Wildman–Crippen LogP) is -0.105. The molecule has 0 aliphatic carbocycles. The van der Waals surface area contributed by atoms with Gasteiger partial charge in [-0.05, 0) is 25.9 Å². The molecule has 21 heavy (non-hydrogen) atoms. The number of ether oxygens (including phenoxy) is 2.